The Labute approximate surface area is 157 Å². The second-order valence-corrected chi connectivity index (χ2v) is 6.78. The van der Waals surface area contributed by atoms with Crippen molar-refractivity contribution in [1.29, 1.82) is 0 Å². The molecule has 2 aromatic carbocycles. The van der Waals surface area contributed by atoms with Crippen LogP contribution in [0, 0.1) is 5.82 Å². The standard InChI is InChI=1S/C17H11Cl2FN2O2S/c18-10-3-1-9(2-4-10)12-8-25-14(22-12)7-24-13-6-5-11(20)15(16(13)19)17(21)23/h1-6,8H,7H2,(H2,21,23). The highest BCUT2D eigenvalue weighted by Gasteiger charge is 2.18. The van der Waals surface area contributed by atoms with Crippen LogP contribution in [-0.2, 0) is 6.61 Å². The maximum absolute atomic E-state index is 13.6. The Bertz CT molecular complexity index is 929. The van der Waals surface area contributed by atoms with E-state index in [0.29, 0.717) is 10.0 Å². The van der Waals surface area contributed by atoms with Crippen molar-refractivity contribution in [3.8, 4) is 17.0 Å². The lowest BCUT2D eigenvalue weighted by molar-refractivity contribution is 0.0996. The van der Waals surface area contributed by atoms with E-state index < -0.39 is 11.7 Å². The zero-order chi connectivity index (χ0) is 18.0. The first-order valence-corrected chi connectivity index (χ1v) is 8.70. The van der Waals surface area contributed by atoms with Gasteiger partial charge < -0.3 is 10.5 Å². The van der Waals surface area contributed by atoms with Crippen molar-refractivity contribution in [2.45, 2.75) is 6.61 Å². The molecule has 1 heterocycles. The molecule has 0 unspecified atom stereocenters. The first kappa shape index (κ1) is 17.7. The van der Waals surface area contributed by atoms with E-state index in [2.05, 4.69) is 4.98 Å². The molecule has 4 nitrogen and oxygen atoms in total. The van der Waals surface area contributed by atoms with Crippen molar-refractivity contribution in [1.82, 2.24) is 4.98 Å². The fraction of sp³-hybridized carbons (Fsp3) is 0.0588. The van der Waals surface area contributed by atoms with E-state index in [4.69, 9.17) is 33.7 Å². The van der Waals surface area contributed by atoms with Gasteiger partial charge in [0.25, 0.3) is 5.91 Å². The molecule has 0 spiro atoms. The van der Waals surface area contributed by atoms with Crippen LogP contribution in [0.25, 0.3) is 11.3 Å². The third-order valence-corrected chi connectivity index (χ3v) is 4.79. The number of hydrogen-bond acceptors (Lipinski definition) is 4. The van der Waals surface area contributed by atoms with E-state index in [9.17, 15) is 9.18 Å². The molecule has 3 rings (SSSR count). The fourth-order valence-electron chi connectivity index (χ4n) is 2.14. The number of hydrogen-bond donors (Lipinski definition) is 1. The normalized spacial score (nSPS) is 10.7. The van der Waals surface area contributed by atoms with Crippen molar-refractivity contribution in [2.24, 2.45) is 5.73 Å². The number of nitrogens with zero attached hydrogens (tertiary/aromatic N) is 1. The number of halogens is 3. The lowest BCUT2D eigenvalue weighted by Gasteiger charge is -2.09. The summed E-state index contributed by atoms with van der Waals surface area (Å²) >= 11 is 13.3. The van der Waals surface area contributed by atoms with Crippen molar-refractivity contribution in [3.05, 3.63) is 68.2 Å². The molecule has 0 aliphatic carbocycles. The molecule has 25 heavy (non-hydrogen) atoms. The maximum Gasteiger partial charge on any atom is 0.253 e. The Morgan fingerprint density at radius 3 is 2.60 bits per heavy atom. The molecule has 0 bridgehead atoms. The van der Waals surface area contributed by atoms with Gasteiger partial charge in [0, 0.05) is 16.0 Å². The second-order valence-electron chi connectivity index (χ2n) is 5.02. The zero-order valence-corrected chi connectivity index (χ0v) is 15.0. The minimum Gasteiger partial charge on any atom is -0.485 e. The summed E-state index contributed by atoms with van der Waals surface area (Å²) < 4.78 is 19.2. The first-order valence-electron chi connectivity index (χ1n) is 7.06. The largest absolute Gasteiger partial charge is 0.485 e. The van der Waals surface area contributed by atoms with Crippen molar-refractivity contribution >= 4 is 40.4 Å². The quantitative estimate of drug-likeness (QED) is 0.664. The summed E-state index contributed by atoms with van der Waals surface area (Å²) in [6.07, 6.45) is 0. The summed E-state index contributed by atoms with van der Waals surface area (Å²) in [7, 11) is 0. The number of amides is 1. The van der Waals surface area contributed by atoms with Gasteiger partial charge in [-0.15, -0.1) is 11.3 Å². The van der Waals surface area contributed by atoms with Crippen LogP contribution in [0.2, 0.25) is 10.0 Å². The molecule has 1 amide bonds. The average molecular weight is 397 g/mol. The molecule has 2 N–H and O–H groups in total. The second kappa shape index (κ2) is 7.39. The van der Waals surface area contributed by atoms with Crippen LogP contribution < -0.4 is 10.5 Å². The van der Waals surface area contributed by atoms with Gasteiger partial charge in [-0.1, -0.05) is 35.3 Å². The lowest BCUT2D eigenvalue weighted by Crippen LogP contribution is -2.14. The Hall–Kier alpha value is -2.15. The zero-order valence-electron chi connectivity index (χ0n) is 12.6. The highest BCUT2D eigenvalue weighted by atomic mass is 35.5. The molecule has 0 saturated carbocycles. The van der Waals surface area contributed by atoms with Crippen LogP contribution in [0.3, 0.4) is 0 Å². The van der Waals surface area contributed by atoms with Gasteiger partial charge in [-0.05, 0) is 24.3 Å². The van der Waals surface area contributed by atoms with Gasteiger partial charge >= 0.3 is 0 Å². The predicted molar refractivity (Wildman–Crippen MR) is 96.8 cm³/mol. The van der Waals surface area contributed by atoms with Crippen LogP contribution >= 0.6 is 34.5 Å². The van der Waals surface area contributed by atoms with Gasteiger partial charge in [0.15, 0.2) is 0 Å². The van der Waals surface area contributed by atoms with Gasteiger partial charge in [0.1, 0.15) is 23.2 Å². The molecule has 0 aliphatic rings. The van der Waals surface area contributed by atoms with Crippen LogP contribution in [0.1, 0.15) is 15.4 Å². The molecule has 0 saturated heterocycles. The van der Waals surface area contributed by atoms with Crippen LogP contribution in [-0.4, -0.2) is 10.9 Å². The van der Waals surface area contributed by atoms with E-state index in [1.807, 2.05) is 17.5 Å². The number of thiazole rings is 1. The highest BCUT2D eigenvalue weighted by Crippen LogP contribution is 2.31. The number of primary amides is 1. The predicted octanol–water partition coefficient (Wildman–Crippen LogP) is 4.93. The Morgan fingerprint density at radius 2 is 1.92 bits per heavy atom. The van der Waals surface area contributed by atoms with E-state index in [-0.39, 0.29) is 22.9 Å². The summed E-state index contributed by atoms with van der Waals surface area (Å²) in [5.74, 6) is -1.57. The number of aromatic nitrogens is 1. The number of carbonyl (C=O) groups excluding carboxylic acids is 1. The molecule has 1 aromatic heterocycles. The summed E-state index contributed by atoms with van der Waals surface area (Å²) in [6, 6.07) is 9.75. The van der Waals surface area contributed by atoms with Crippen LogP contribution in [0.5, 0.6) is 5.75 Å². The van der Waals surface area contributed by atoms with Crippen molar-refractivity contribution < 1.29 is 13.9 Å². The van der Waals surface area contributed by atoms with Gasteiger partial charge in [-0.25, -0.2) is 9.37 Å². The number of benzene rings is 2. The van der Waals surface area contributed by atoms with Gasteiger partial charge in [-0.2, -0.15) is 0 Å². The minimum atomic E-state index is -0.952. The van der Waals surface area contributed by atoms with Gasteiger partial charge in [-0.3, -0.25) is 4.79 Å². The van der Waals surface area contributed by atoms with Crippen molar-refractivity contribution in [2.75, 3.05) is 0 Å². The van der Waals surface area contributed by atoms with Crippen molar-refractivity contribution in [3.63, 3.8) is 0 Å². The number of rotatable bonds is 5. The molecular formula is C17H11Cl2FN2O2S. The van der Waals surface area contributed by atoms with E-state index in [1.165, 1.54) is 17.4 Å². The van der Waals surface area contributed by atoms with E-state index in [0.717, 1.165) is 17.3 Å². The molecule has 0 atom stereocenters. The first-order chi connectivity index (χ1) is 12.0. The SMILES string of the molecule is NC(=O)c1c(F)ccc(OCc2nc(-c3ccc(Cl)cc3)cs2)c1Cl. The molecule has 128 valence electrons. The molecule has 0 fully saturated rings. The molecule has 0 radical (unpaired) electrons. The summed E-state index contributed by atoms with van der Waals surface area (Å²) in [5.41, 5.74) is 6.47. The molecule has 8 heteroatoms. The smallest absolute Gasteiger partial charge is 0.253 e. The van der Waals surface area contributed by atoms with Gasteiger partial charge in [0.2, 0.25) is 0 Å². The third-order valence-electron chi connectivity index (χ3n) is 3.34. The summed E-state index contributed by atoms with van der Waals surface area (Å²) in [5, 5.41) is 3.09. The molecule has 0 aliphatic heterocycles. The number of carbonyl (C=O) groups is 1. The summed E-state index contributed by atoms with van der Waals surface area (Å²) in [6.45, 7) is 0.127. The third kappa shape index (κ3) is 3.92. The lowest BCUT2D eigenvalue weighted by atomic mass is 10.2. The highest BCUT2D eigenvalue weighted by molar-refractivity contribution is 7.09. The van der Waals surface area contributed by atoms with Crippen LogP contribution in [0.4, 0.5) is 4.39 Å². The Balaban J connectivity index is 1.76. The minimum absolute atomic E-state index is 0.127. The van der Waals surface area contributed by atoms with Gasteiger partial charge in [0.05, 0.1) is 16.3 Å². The Morgan fingerprint density at radius 1 is 1.20 bits per heavy atom. The number of ether oxygens (including phenoxy) is 1. The molecule has 3 aromatic rings. The maximum atomic E-state index is 13.6. The van der Waals surface area contributed by atoms with E-state index in [1.54, 1.807) is 12.1 Å². The average Bonchev–Trinajstić information content (AvgIpc) is 3.03. The topological polar surface area (TPSA) is 65.2 Å². The van der Waals surface area contributed by atoms with Crippen LogP contribution in [0.15, 0.2) is 41.8 Å². The van der Waals surface area contributed by atoms with E-state index >= 15 is 0 Å². The Kier molecular flexibility index (Phi) is 5.22. The number of nitrogens with two attached hydrogens (primary N) is 1. The fourth-order valence-corrected chi connectivity index (χ4v) is 3.28. The molecular weight excluding hydrogens is 386 g/mol. The monoisotopic (exact) mass is 396 g/mol. The summed E-state index contributed by atoms with van der Waals surface area (Å²) in [4.78, 5) is 15.7.